The molecular formula is C16H20Cl2FN3OS. The largest absolute Gasteiger partial charge is 0.337 e. The SMILES string of the molecule is CN(C(=O)c1csc(-c2ccccc2F)n1)C1CCNCC1.Cl.Cl. The van der Waals surface area contributed by atoms with Gasteiger partial charge in [-0.15, -0.1) is 36.2 Å². The summed E-state index contributed by atoms with van der Waals surface area (Å²) in [6, 6.07) is 6.73. The van der Waals surface area contributed by atoms with Crippen LogP contribution in [0.2, 0.25) is 0 Å². The molecule has 4 nitrogen and oxygen atoms in total. The Kier molecular flexibility index (Phi) is 8.09. The molecule has 3 rings (SSSR count). The monoisotopic (exact) mass is 391 g/mol. The first-order valence-electron chi connectivity index (χ1n) is 7.35. The van der Waals surface area contributed by atoms with Crippen molar-refractivity contribution in [1.29, 1.82) is 0 Å². The van der Waals surface area contributed by atoms with Crippen LogP contribution in [0.1, 0.15) is 23.3 Å². The lowest BCUT2D eigenvalue weighted by Gasteiger charge is -2.31. The number of benzene rings is 1. The van der Waals surface area contributed by atoms with E-state index in [0.717, 1.165) is 25.9 Å². The Hall–Kier alpha value is -1.21. The standard InChI is InChI=1S/C16H18FN3OS.2ClH/c1-20(11-6-8-18-9-7-11)16(21)14-10-22-15(19-14)12-4-2-3-5-13(12)17;;/h2-5,10-11,18H,6-9H2,1H3;2*1H. The Labute approximate surface area is 157 Å². The highest BCUT2D eigenvalue weighted by Gasteiger charge is 2.24. The Bertz CT molecular complexity index is 677. The highest BCUT2D eigenvalue weighted by molar-refractivity contribution is 7.13. The van der Waals surface area contributed by atoms with Gasteiger partial charge in [0, 0.05) is 24.0 Å². The molecule has 0 aliphatic carbocycles. The fourth-order valence-corrected chi connectivity index (χ4v) is 3.49. The molecule has 0 bridgehead atoms. The maximum absolute atomic E-state index is 13.8. The zero-order chi connectivity index (χ0) is 15.5. The van der Waals surface area contributed by atoms with Crippen molar-refractivity contribution in [3.63, 3.8) is 0 Å². The third-order valence-corrected chi connectivity index (χ3v) is 4.88. The molecule has 2 aromatic rings. The van der Waals surface area contributed by atoms with E-state index in [1.165, 1.54) is 17.4 Å². The molecule has 1 aliphatic heterocycles. The van der Waals surface area contributed by atoms with Crippen molar-refractivity contribution in [2.75, 3.05) is 20.1 Å². The number of aromatic nitrogens is 1. The van der Waals surface area contributed by atoms with Crippen molar-refractivity contribution in [3.8, 4) is 10.6 Å². The van der Waals surface area contributed by atoms with Crippen LogP contribution >= 0.6 is 36.2 Å². The van der Waals surface area contributed by atoms with Gasteiger partial charge in [0.1, 0.15) is 16.5 Å². The quantitative estimate of drug-likeness (QED) is 0.868. The van der Waals surface area contributed by atoms with Crippen LogP contribution in [0.3, 0.4) is 0 Å². The zero-order valence-corrected chi connectivity index (χ0v) is 15.6. The first kappa shape index (κ1) is 20.8. The van der Waals surface area contributed by atoms with Crippen molar-refractivity contribution < 1.29 is 9.18 Å². The van der Waals surface area contributed by atoms with Gasteiger partial charge in [-0.25, -0.2) is 9.37 Å². The van der Waals surface area contributed by atoms with Crippen LogP contribution in [0.4, 0.5) is 4.39 Å². The van der Waals surface area contributed by atoms with E-state index in [9.17, 15) is 9.18 Å². The van der Waals surface area contributed by atoms with Gasteiger partial charge >= 0.3 is 0 Å². The van der Waals surface area contributed by atoms with E-state index in [0.29, 0.717) is 16.3 Å². The number of nitrogens with zero attached hydrogens (tertiary/aromatic N) is 2. The van der Waals surface area contributed by atoms with Crippen molar-refractivity contribution in [1.82, 2.24) is 15.2 Å². The van der Waals surface area contributed by atoms with Gasteiger partial charge in [-0.3, -0.25) is 4.79 Å². The van der Waals surface area contributed by atoms with E-state index in [-0.39, 0.29) is 42.6 Å². The van der Waals surface area contributed by atoms with Gasteiger partial charge in [-0.1, -0.05) is 12.1 Å². The number of rotatable bonds is 3. The van der Waals surface area contributed by atoms with E-state index in [4.69, 9.17) is 0 Å². The summed E-state index contributed by atoms with van der Waals surface area (Å²) >= 11 is 1.30. The molecule has 1 aromatic carbocycles. The van der Waals surface area contributed by atoms with E-state index in [2.05, 4.69) is 10.3 Å². The number of nitrogens with one attached hydrogen (secondary N) is 1. The smallest absolute Gasteiger partial charge is 0.273 e. The molecule has 24 heavy (non-hydrogen) atoms. The van der Waals surface area contributed by atoms with Gasteiger partial charge in [0.15, 0.2) is 0 Å². The minimum atomic E-state index is -0.317. The van der Waals surface area contributed by atoms with E-state index in [1.807, 2.05) is 7.05 Å². The van der Waals surface area contributed by atoms with Crippen LogP contribution in [-0.2, 0) is 0 Å². The Morgan fingerprint density at radius 3 is 2.62 bits per heavy atom. The van der Waals surface area contributed by atoms with Crippen molar-refractivity contribution in [2.24, 2.45) is 0 Å². The number of hydrogen-bond acceptors (Lipinski definition) is 4. The number of amides is 1. The molecule has 0 spiro atoms. The molecule has 1 aliphatic rings. The maximum Gasteiger partial charge on any atom is 0.273 e. The summed E-state index contributed by atoms with van der Waals surface area (Å²) in [4.78, 5) is 18.6. The van der Waals surface area contributed by atoms with Crippen LogP contribution in [0.5, 0.6) is 0 Å². The lowest BCUT2D eigenvalue weighted by atomic mass is 10.1. The lowest BCUT2D eigenvalue weighted by Crippen LogP contribution is -2.44. The summed E-state index contributed by atoms with van der Waals surface area (Å²) in [5.41, 5.74) is 0.834. The molecular weight excluding hydrogens is 372 g/mol. The predicted molar refractivity (Wildman–Crippen MR) is 100.0 cm³/mol. The first-order valence-corrected chi connectivity index (χ1v) is 8.23. The highest BCUT2D eigenvalue weighted by atomic mass is 35.5. The molecule has 132 valence electrons. The molecule has 0 unspecified atom stereocenters. The number of hydrogen-bond donors (Lipinski definition) is 1. The molecule has 1 amide bonds. The van der Waals surface area contributed by atoms with Crippen molar-refractivity contribution in [3.05, 3.63) is 41.2 Å². The van der Waals surface area contributed by atoms with Crippen LogP contribution in [-0.4, -0.2) is 42.0 Å². The summed E-state index contributed by atoms with van der Waals surface area (Å²) in [6.45, 7) is 1.86. The maximum atomic E-state index is 13.8. The molecule has 1 N–H and O–H groups in total. The van der Waals surface area contributed by atoms with Crippen LogP contribution in [0.15, 0.2) is 29.6 Å². The molecule has 2 heterocycles. The second kappa shape index (κ2) is 9.32. The van der Waals surface area contributed by atoms with Crippen LogP contribution in [0, 0.1) is 5.82 Å². The average molecular weight is 392 g/mol. The second-order valence-corrected chi connectivity index (χ2v) is 6.27. The molecule has 0 saturated carbocycles. The van der Waals surface area contributed by atoms with Gasteiger partial charge in [0.2, 0.25) is 0 Å². The third kappa shape index (κ3) is 4.45. The highest BCUT2D eigenvalue weighted by Crippen LogP contribution is 2.27. The lowest BCUT2D eigenvalue weighted by molar-refractivity contribution is 0.0698. The summed E-state index contributed by atoms with van der Waals surface area (Å²) in [7, 11) is 1.82. The fraction of sp³-hybridized carbons (Fsp3) is 0.375. The summed E-state index contributed by atoms with van der Waals surface area (Å²) in [5, 5.41) is 5.54. The average Bonchev–Trinajstić information content (AvgIpc) is 3.04. The summed E-state index contributed by atoms with van der Waals surface area (Å²) < 4.78 is 13.8. The Balaban J connectivity index is 0.00000144. The molecule has 1 aromatic heterocycles. The normalized spacial score (nSPS) is 14.4. The molecule has 0 radical (unpaired) electrons. The van der Waals surface area contributed by atoms with Gasteiger partial charge in [0.25, 0.3) is 5.91 Å². The van der Waals surface area contributed by atoms with E-state index >= 15 is 0 Å². The van der Waals surface area contributed by atoms with E-state index < -0.39 is 0 Å². The molecule has 0 atom stereocenters. The number of carbonyl (C=O) groups excluding carboxylic acids is 1. The predicted octanol–water partition coefficient (Wildman–Crippen LogP) is 3.62. The Morgan fingerprint density at radius 2 is 1.96 bits per heavy atom. The number of piperidine rings is 1. The third-order valence-electron chi connectivity index (χ3n) is 4.00. The van der Waals surface area contributed by atoms with Gasteiger partial charge in [-0.05, 0) is 38.1 Å². The molecule has 8 heteroatoms. The minimum Gasteiger partial charge on any atom is -0.337 e. The van der Waals surface area contributed by atoms with Crippen LogP contribution < -0.4 is 5.32 Å². The molecule has 1 saturated heterocycles. The van der Waals surface area contributed by atoms with Crippen LogP contribution in [0.25, 0.3) is 10.6 Å². The summed E-state index contributed by atoms with van der Waals surface area (Å²) in [6.07, 6.45) is 1.90. The second-order valence-electron chi connectivity index (χ2n) is 5.41. The molecule has 1 fully saturated rings. The summed E-state index contributed by atoms with van der Waals surface area (Å²) in [5.74, 6) is -0.409. The Morgan fingerprint density at radius 1 is 1.29 bits per heavy atom. The van der Waals surface area contributed by atoms with Crippen molar-refractivity contribution in [2.45, 2.75) is 18.9 Å². The topological polar surface area (TPSA) is 45.2 Å². The number of carbonyl (C=O) groups is 1. The van der Waals surface area contributed by atoms with Gasteiger partial charge < -0.3 is 10.2 Å². The minimum absolute atomic E-state index is 0. The van der Waals surface area contributed by atoms with Crippen molar-refractivity contribution >= 4 is 42.1 Å². The number of halogens is 3. The van der Waals surface area contributed by atoms with Gasteiger partial charge in [-0.2, -0.15) is 0 Å². The van der Waals surface area contributed by atoms with Gasteiger partial charge in [0.05, 0.1) is 0 Å². The first-order chi connectivity index (χ1) is 10.7. The fourth-order valence-electron chi connectivity index (χ4n) is 2.67. The zero-order valence-electron chi connectivity index (χ0n) is 13.2. The number of thiazole rings is 1. The van der Waals surface area contributed by atoms with E-state index in [1.54, 1.807) is 28.5 Å².